The first-order chi connectivity index (χ1) is 29.2. The minimum Gasteiger partial charge on any atom is -0.293 e. The van der Waals surface area contributed by atoms with Crippen LogP contribution in [-0.2, 0) is 25.7 Å². The molecular formula is C56H46N4. The first-order valence-electron chi connectivity index (χ1n) is 21.5. The summed E-state index contributed by atoms with van der Waals surface area (Å²) in [6, 6.07) is 41.2. The average molecular weight is 775 g/mol. The van der Waals surface area contributed by atoms with Crippen LogP contribution in [0.5, 0.6) is 0 Å². The third kappa shape index (κ3) is 4.97. The lowest BCUT2D eigenvalue weighted by atomic mass is 9.74. The fourth-order valence-electron chi connectivity index (χ4n) is 10.9. The molecule has 2 aliphatic rings. The number of fused-ring (bicyclic) bond motifs is 8. The number of hydrogen-bond donors (Lipinski definition) is 0. The highest BCUT2D eigenvalue weighted by molar-refractivity contribution is 6.16. The molecule has 0 spiro atoms. The minimum atomic E-state index is 0.953. The average Bonchev–Trinajstić information content (AvgIpc) is 3.78. The Morgan fingerprint density at radius 2 is 0.817 bits per heavy atom. The molecule has 4 nitrogen and oxygen atoms in total. The Hall–Kier alpha value is -6.78. The first-order valence-corrected chi connectivity index (χ1v) is 21.5. The van der Waals surface area contributed by atoms with Gasteiger partial charge in [-0.15, -0.1) is 0 Å². The summed E-state index contributed by atoms with van der Waals surface area (Å²) in [4.78, 5) is 9.98. The van der Waals surface area contributed by atoms with Crippen LogP contribution in [0.2, 0.25) is 0 Å². The van der Waals surface area contributed by atoms with Gasteiger partial charge in [0, 0.05) is 33.9 Å². The molecule has 60 heavy (non-hydrogen) atoms. The predicted octanol–water partition coefficient (Wildman–Crippen LogP) is 13.7. The highest BCUT2D eigenvalue weighted by Crippen LogP contribution is 2.51. The van der Waals surface area contributed by atoms with E-state index in [9.17, 15) is 0 Å². The van der Waals surface area contributed by atoms with Crippen molar-refractivity contribution in [2.45, 2.75) is 67.2 Å². The molecular weight excluding hydrogens is 729 g/mol. The van der Waals surface area contributed by atoms with Gasteiger partial charge in [0.15, 0.2) is 0 Å². The topological polar surface area (TPSA) is 35.6 Å². The Morgan fingerprint density at radius 3 is 1.20 bits per heavy atom. The number of pyridine rings is 2. The monoisotopic (exact) mass is 774 g/mol. The number of nitrogens with zero attached hydrogens (tertiary/aromatic N) is 4. The van der Waals surface area contributed by atoms with Gasteiger partial charge in [0.25, 0.3) is 0 Å². The first kappa shape index (κ1) is 35.2. The van der Waals surface area contributed by atoms with Gasteiger partial charge in [-0.1, -0.05) is 48.5 Å². The molecule has 0 atom stereocenters. The Kier molecular flexibility index (Phi) is 7.54. The maximum absolute atomic E-state index is 4.99. The highest BCUT2D eigenvalue weighted by Gasteiger charge is 2.33. The summed E-state index contributed by atoms with van der Waals surface area (Å²) in [5.74, 6) is 1.93. The molecule has 0 aliphatic heterocycles. The second-order valence-electron chi connectivity index (χ2n) is 17.6. The lowest BCUT2D eigenvalue weighted by Crippen LogP contribution is -2.16. The van der Waals surface area contributed by atoms with Gasteiger partial charge in [0.2, 0.25) is 0 Å². The molecule has 0 fully saturated rings. The Morgan fingerprint density at radius 1 is 0.400 bits per heavy atom. The van der Waals surface area contributed by atoms with Crippen molar-refractivity contribution in [3.05, 3.63) is 177 Å². The summed E-state index contributed by atoms with van der Waals surface area (Å²) < 4.78 is 4.91. The van der Waals surface area contributed by atoms with Crippen LogP contribution in [0.1, 0.15) is 55.6 Å². The van der Waals surface area contributed by atoms with Gasteiger partial charge in [-0.2, -0.15) is 0 Å². The standard InChI is InChI=1S/C56H46N4/c1-31-23-41(24-32(2)35(31)5)37-15-19-49-45(27-37)47-29-39-13-14-40-30-48-46-28-38(42-25-33(3)36(6)34(4)26-42)16-20-50(46)60(52-12-8-10-22-58-52)56(48)44-18-17-43(53(39)54(40)44)55(47)59(49)51-11-7-9-21-57-51/h7-12,15-16,19-30H,13-14,17-18H2,1-6H3. The van der Waals surface area contributed by atoms with E-state index in [-0.39, 0.29) is 0 Å². The van der Waals surface area contributed by atoms with Crippen molar-refractivity contribution in [1.82, 2.24) is 19.1 Å². The quantitative estimate of drug-likeness (QED) is 0.178. The molecule has 0 amide bonds. The molecule has 6 aromatic carbocycles. The van der Waals surface area contributed by atoms with Crippen LogP contribution in [0.3, 0.4) is 0 Å². The Labute approximate surface area is 350 Å². The molecule has 0 N–H and O–H groups in total. The van der Waals surface area contributed by atoms with E-state index in [1.807, 2.05) is 24.5 Å². The normalized spacial score (nSPS) is 13.2. The van der Waals surface area contributed by atoms with Crippen molar-refractivity contribution in [2.75, 3.05) is 0 Å². The van der Waals surface area contributed by atoms with E-state index in [0.717, 1.165) is 37.3 Å². The van der Waals surface area contributed by atoms with Gasteiger partial charge in [-0.05, 0) is 217 Å². The molecule has 4 heteroatoms. The summed E-state index contributed by atoms with van der Waals surface area (Å²) >= 11 is 0. The molecule has 0 radical (unpaired) electrons. The molecule has 290 valence electrons. The molecule has 4 heterocycles. The van der Waals surface area contributed by atoms with Crippen molar-refractivity contribution in [2.24, 2.45) is 0 Å². The Bertz CT molecular complexity index is 3190. The number of benzene rings is 6. The van der Waals surface area contributed by atoms with Crippen molar-refractivity contribution in [3.8, 4) is 45.0 Å². The second-order valence-corrected chi connectivity index (χ2v) is 17.6. The molecule has 0 saturated heterocycles. The van der Waals surface area contributed by atoms with Gasteiger partial charge >= 0.3 is 0 Å². The van der Waals surface area contributed by atoms with Crippen molar-refractivity contribution in [1.29, 1.82) is 0 Å². The van der Waals surface area contributed by atoms with E-state index in [0.29, 0.717) is 0 Å². The van der Waals surface area contributed by atoms with Crippen LogP contribution in [0.15, 0.2) is 122 Å². The van der Waals surface area contributed by atoms with Crippen molar-refractivity contribution >= 4 is 43.6 Å². The molecule has 0 bridgehead atoms. The van der Waals surface area contributed by atoms with Gasteiger partial charge < -0.3 is 0 Å². The number of hydrogen-bond acceptors (Lipinski definition) is 2. The van der Waals surface area contributed by atoms with Gasteiger partial charge in [-0.25, -0.2) is 9.97 Å². The van der Waals surface area contributed by atoms with E-state index in [4.69, 9.17) is 9.97 Å². The number of aromatic nitrogens is 4. The smallest absolute Gasteiger partial charge is 0.137 e. The van der Waals surface area contributed by atoms with E-state index in [1.54, 1.807) is 0 Å². The maximum atomic E-state index is 4.99. The third-order valence-corrected chi connectivity index (χ3v) is 14.3. The number of rotatable bonds is 4. The fourth-order valence-corrected chi connectivity index (χ4v) is 10.9. The van der Waals surface area contributed by atoms with E-state index >= 15 is 0 Å². The maximum Gasteiger partial charge on any atom is 0.137 e. The lowest BCUT2D eigenvalue weighted by Gasteiger charge is -2.31. The highest BCUT2D eigenvalue weighted by atomic mass is 15.1. The van der Waals surface area contributed by atoms with Crippen molar-refractivity contribution < 1.29 is 0 Å². The SMILES string of the molecule is Cc1cc(-c2ccc3c(c2)c2cc4c5c(c2n3-c2ccccn2)CCc2c-5c(cc3c5cc(-c6cc(C)c(C)c(C)c6)ccc5n(-c5ccccn5)c23)CC4)cc(C)c1C. The van der Waals surface area contributed by atoms with Crippen LogP contribution in [-0.4, -0.2) is 19.1 Å². The van der Waals surface area contributed by atoms with Crippen LogP contribution in [0.4, 0.5) is 0 Å². The molecule has 10 aromatic rings. The third-order valence-electron chi connectivity index (χ3n) is 14.3. The largest absolute Gasteiger partial charge is 0.293 e. The second kappa shape index (κ2) is 12.9. The summed E-state index contributed by atoms with van der Waals surface area (Å²) in [5.41, 5.74) is 26.9. The van der Waals surface area contributed by atoms with Gasteiger partial charge in [0.1, 0.15) is 11.6 Å². The van der Waals surface area contributed by atoms with E-state index in [2.05, 4.69) is 148 Å². The summed E-state index contributed by atoms with van der Waals surface area (Å²) in [6.07, 6.45) is 7.80. The minimum absolute atomic E-state index is 0.953. The fraction of sp³-hybridized carbons (Fsp3) is 0.179. The molecule has 12 rings (SSSR count). The lowest BCUT2D eigenvalue weighted by molar-refractivity contribution is 0.881. The van der Waals surface area contributed by atoms with Crippen LogP contribution in [0, 0.1) is 41.5 Å². The van der Waals surface area contributed by atoms with Gasteiger partial charge in [-0.3, -0.25) is 9.13 Å². The zero-order chi connectivity index (χ0) is 40.6. The van der Waals surface area contributed by atoms with E-state index in [1.165, 1.54) is 133 Å². The van der Waals surface area contributed by atoms with Crippen LogP contribution >= 0.6 is 0 Å². The van der Waals surface area contributed by atoms with Crippen LogP contribution < -0.4 is 0 Å². The van der Waals surface area contributed by atoms with E-state index < -0.39 is 0 Å². The van der Waals surface area contributed by atoms with Crippen molar-refractivity contribution in [3.63, 3.8) is 0 Å². The molecule has 2 aliphatic carbocycles. The summed E-state index contributed by atoms with van der Waals surface area (Å²) in [6.45, 7) is 13.4. The summed E-state index contributed by atoms with van der Waals surface area (Å²) in [7, 11) is 0. The van der Waals surface area contributed by atoms with Crippen LogP contribution in [0.25, 0.3) is 88.6 Å². The molecule has 4 aromatic heterocycles. The zero-order valence-corrected chi connectivity index (χ0v) is 35.2. The summed E-state index contributed by atoms with van der Waals surface area (Å²) in [5, 5.41) is 5.24. The van der Waals surface area contributed by atoms with Gasteiger partial charge in [0.05, 0.1) is 22.1 Å². The molecule has 0 unspecified atom stereocenters. The Balaban J connectivity index is 1.14. The number of aryl methyl sites for hydroxylation is 8. The molecule has 0 saturated carbocycles. The predicted molar refractivity (Wildman–Crippen MR) is 250 cm³/mol. The zero-order valence-electron chi connectivity index (χ0n) is 35.2.